The van der Waals surface area contributed by atoms with Crippen LogP contribution in [-0.4, -0.2) is 25.2 Å². The molecule has 0 spiro atoms. The van der Waals surface area contributed by atoms with Gasteiger partial charge in [0.05, 0.1) is 18.8 Å². The van der Waals surface area contributed by atoms with Crippen LogP contribution in [0.15, 0.2) is 24.3 Å². The van der Waals surface area contributed by atoms with E-state index in [4.69, 9.17) is 4.74 Å². The number of hydrogen-bond donors (Lipinski definition) is 1. The number of benzene rings is 1. The van der Waals surface area contributed by atoms with Gasteiger partial charge in [-0.15, -0.1) is 0 Å². The fraction of sp³-hybridized carbons (Fsp3) is 0.538. The van der Waals surface area contributed by atoms with E-state index in [1.54, 1.807) is 0 Å². The van der Waals surface area contributed by atoms with Gasteiger partial charge in [-0.3, -0.25) is 0 Å². The minimum absolute atomic E-state index is 0.0983. The highest BCUT2D eigenvalue weighted by atomic mass is 16.5. The van der Waals surface area contributed by atoms with Gasteiger partial charge in [0.2, 0.25) is 0 Å². The molecule has 0 radical (unpaired) electrons. The van der Waals surface area contributed by atoms with Gasteiger partial charge in [-0.05, 0) is 31.2 Å². The van der Waals surface area contributed by atoms with Crippen LogP contribution in [-0.2, 0) is 11.3 Å². The number of hydrogen-bond acceptors (Lipinski definition) is 2. The number of ether oxygens (including phenoxy) is 1. The summed E-state index contributed by atoms with van der Waals surface area (Å²) in [6.45, 7) is 0.697. The van der Waals surface area contributed by atoms with Crippen molar-refractivity contribution >= 4 is 13.3 Å². The molecule has 0 amide bonds. The van der Waals surface area contributed by atoms with E-state index < -0.39 is 0 Å². The van der Waals surface area contributed by atoms with Crippen LogP contribution < -0.4 is 5.46 Å². The molecule has 0 aromatic heterocycles. The van der Waals surface area contributed by atoms with Crippen molar-refractivity contribution in [3.05, 3.63) is 29.8 Å². The first kappa shape index (κ1) is 11.7. The summed E-state index contributed by atoms with van der Waals surface area (Å²) in [6, 6.07) is 8.43. The molecular formula is C13H19BO2. The summed E-state index contributed by atoms with van der Waals surface area (Å²) >= 11 is 0. The van der Waals surface area contributed by atoms with Crippen LogP contribution >= 0.6 is 0 Å². The largest absolute Gasteiger partial charge is 0.393 e. The molecule has 16 heavy (non-hydrogen) atoms. The molecule has 1 N–H and O–H groups in total. The molecule has 3 heteroatoms. The highest BCUT2D eigenvalue weighted by Crippen LogP contribution is 2.21. The zero-order valence-electron chi connectivity index (χ0n) is 9.86. The van der Waals surface area contributed by atoms with Crippen molar-refractivity contribution in [1.82, 2.24) is 0 Å². The summed E-state index contributed by atoms with van der Waals surface area (Å²) in [5.74, 6) is 0. The molecule has 1 aliphatic carbocycles. The van der Waals surface area contributed by atoms with E-state index in [0.29, 0.717) is 12.7 Å². The zero-order valence-corrected chi connectivity index (χ0v) is 9.86. The molecule has 1 aliphatic rings. The highest BCUT2D eigenvalue weighted by molar-refractivity contribution is 6.32. The average molecular weight is 218 g/mol. The first-order valence-corrected chi connectivity index (χ1v) is 6.09. The summed E-state index contributed by atoms with van der Waals surface area (Å²) < 4.78 is 5.86. The zero-order chi connectivity index (χ0) is 11.4. The van der Waals surface area contributed by atoms with Crippen molar-refractivity contribution in [3.63, 3.8) is 0 Å². The van der Waals surface area contributed by atoms with Gasteiger partial charge in [0.15, 0.2) is 0 Å². The van der Waals surface area contributed by atoms with Crippen LogP contribution in [0.25, 0.3) is 0 Å². The van der Waals surface area contributed by atoms with Crippen molar-refractivity contribution < 1.29 is 9.84 Å². The molecule has 0 atom stereocenters. The lowest BCUT2D eigenvalue weighted by Gasteiger charge is -2.25. The standard InChI is InChI=1S/C13H19BO2/c14-11-3-1-2-10(8-11)9-16-13-6-4-12(15)5-7-13/h1-3,8,12-13,15H,4-7,9,14H2. The van der Waals surface area contributed by atoms with Gasteiger partial charge in [-0.2, -0.15) is 0 Å². The van der Waals surface area contributed by atoms with E-state index in [1.807, 2.05) is 0 Å². The maximum atomic E-state index is 9.39. The summed E-state index contributed by atoms with van der Waals surface area (Å²) in [6.07, 6.45) is 4.00. The van der Waals surface area contributed by atoms with Crippen molar-refractivity contribution in [2.45, 2.75) is 44.5 Å². The van der Waals surface area contributed by atoms with Gasteiger partial charge in [-0.1, -0.05) is 29.7 Å². The molecule has 0 aliphatic heterocycles. The molecule has 0 saturated heterocycles. The first-order chi connectivity index (χ1) is 7.74. The Morgan fingerprint density at radius 1 is 1.25 bits per heavy atom. The lowest BCUT2D eigenvalue weighted by Crippen LogP contribution is -2.24. The highest BCUT2D eigenvalue weighted by Gasteiger charge is 2.19. The Labute approximate surface area is 98.0 Å². The minimum Gasteiger partial charge on any atom is -0.393 e. The Balaban J connectivity index is 1.79. The third kappa shape index (κ3) is 3.36. The molecule has 0 bridgehead atoms. The number of aliphatic hydroxyl groups excluding tert-OH is 1. The van der Waals surface area contributed by atoms with Crippen LogP contribution in [0.4, 0.5) is 0 Å². The maximum absolute atomic E-state index is 9.39. The maximum Gasteiger partial charge on any atom is 0.139 e. The first-order valence-electron chi connectivity index (χ1n) is 6.09. The molecule has 0 heterocycles. The lowest BCUT2D eigenvalue weighted by molar-refractivity contribution is -0.0118. The molecule has 2 rings (SSSR count). The molecule has 2 nitrogen and oxygen atoms in total. The van der Waals surface area contributed by atoms with E-state index in [9.17, 15) is 5.11 Å². The van der Waals surface area contributed by atoms with Gasteiger partial charge >= 0.3 is 0 Å². The Morgan fingerprint density at radius 3 is 2.69 bits per heavy atom. The van der Waals surface area contributed by atoms with Crippen LogP contribution in [0, 0.1) is 0 Å². The number of rotatable bonds is 3. The van der Waals surface area contributed by atoms with E-state index in [2.05, 4.69) is 32.1 Å². The van der Waals surface area contributed by atoms with E-state index in [-0.39, 0.29) is 6.10 Å². The second kappa shape index (κ2) is 5.51. The Hall–Kier alpha value is -0.795. The smallest absolute Gasteiger partial charge is 0.139 e. The molecular weight excluding hydrogens is 199 g/mol. The summed E-state index contributed by atoms with van der Waals surface area (Å²) in [4.78, 5) is 0. The van der Waals surface area contributed by atoms with Crippen molar-refractivity contribution in [2.24, 2.45) is 0 Å². The predicted molar refractivity (Wildman–Crippen MR) is 67.7 cm³/mol. The monoisotopic (exact) mass is 218 g/mol. The van der Waals surface area contributed by atoms with Crippen molar-refractivity contribution in [1.29, 1.82) is 0 Å². The summed E-state index contributed by atoms with van der Waals surface area (Å²) in [5, 5.41) is 9.39. The molecule has 0 unspecified atom stereocenters. The third-order valence-corrected chi connectivity index (χ3v) is 3.21. The predicted octanol–water partition coefficient (Wildman–Crippen LogP) is 0.765. The molecule has 86 valence electrons. The molecule has 1 saturated carbocycles. The van der Waals surface area contributed by atoms with Gasteiger partial charge in [-0.25, -0.2) is 0 Å². The SMILES string of the molecule is Bc1cccc(COC2CCC(O)CC2)c1. The van der Waals surface area contributed by atoms with Gasteiger partial charge in [0.1, 0.15) is 7.85 Å². The normalized spacial score (nSPS) is 25.6. The Morgan fingerprint density at radius 2 is 2.00 bits per heavy atom. The van der Waals surface area contributed by atoms with Crippen molar-refractivity contribution in [3.8, 4) is 0 Å². The average Bonchev–Trinajstić information content (AvgIpc) is 2.28. The molecule has 1 aromatic rings. The van der Waals surface area contributed by atoms with E-state index >= 15 is 0 Å². The lowest BCUT2D eigenvalue weighted by atomic mass is 9.94. The van der Waals surface area contributed by atoms with E-state index in [0.717, 1.165) is 25.7 Å². The van der Waals surface area contributed by atoms with Gasteiger partial charge in [0, 0.05) is 0 Å². The van der Waals surface area contributed by atoms with Crippen molar-refractivity contribution in [2.75, 3.05) is 0 Å². The fourth-order valence-corrected chi connectivity index (χ4v) is 2.23. The van der Waals surface area contributed by atoms with Gasteiger partial charge < -0.3 is 9.84 Å². The second-order valence-electron chi connectivity index (χ2n) is 4.73. The van der Waals surface area contributed by atoms with E-state index in [1.165, 1.54) is 11.0 Å². The third-order valence-electron chi connectivity index (χ3n) is 3.21. The minimum atomic E-state index is -0.0983. The van der Waals surface area contributed by atoms with Crippen LogP contribution in [0.2, 0.25) is 0 Å². The summed E-state index contributed by atoms with van der Waals surface area (Å²) in [5.41, 5.74) is 2.52. The van der Waals surface area contributed by atoms with Gasteiger partial charge in [0.25, 0.3) is 0 Å². The molecule has 1 aromatic carbocycles. The van der Waals surface area contributed by atoms with Crippen LogP contribution in [0.3, 0.4) is 0 Å². The quantitative estimate of drug-likeness (QED) is 0.759. The Kier molecular flexibility index (Phi) is 4.02. The van der Waals surface area contributed by atoms with Crippen LogP contribution in [0.1, 0.15) is 31.2 Å². The number of aliphatic hydroxyl groups is 1. The van der Waals surface area contributed by atoms with Crippen LogP contribution in [0.5, 0.6) is 0 Å². The fourth-order valence-electron chi connectivity index (χ4n) is 2.23. The second-order valence-corrected chi connectivity index (χ2v) is 4.73. The molecule has 1 fully saturated rings. The summed E-state index contributed by atoms with van der Waals surface area (Å²) in [7, 11) is 2.10. The topological polar surface area (TPSA) is 29.5 Å². The Bertz CT molecular complexity index is 332.